The summed E-state index contributed by atoms with van der Waals surface area (Å²) in [6.45, 7) is 0. The van der Waals surface area contributed by atoms with Crippen molar-refractivity contribution in [1.29, 1.82) is 5.26 Å². The smallest absolute Gasteiger partial charge is 0.162 e. The lowest BCUT2D eigenvalue weighted by Gasteiger charge is -2.13. The van der Waals surface area contributed by atoms with Crippen LogP contribution in [0.1, 0.15) is 5.56 Å². The largest absolute Gasteiger partial charge is 0.493 e. The fourth-order valence-corrected chi connectivity index (χ4v) is 3.87. The molecule has 0 saturated heterocycles. The van der Waals surface area contributed by atoms with E-state index < -0.39 is 0 Å². The molecule has 0 N–H and O–H groups in total. The van der Waals surface area contributed by atoms with Crippen LogP contribution in [0.4, 0.5) is 0 Å². The summed E-state index contributed by atoms with van der Waals surface area (Å²) in [6, 6.07) is 11.0. The molecule has 2 aromatic carbocycles. The average molecular weight is 391 g/mol. The normalized spacial score (nSPS) is 10.5. The van der Waals surface area contributed by atoms with Gasteiger partial charge < -0.3 is 9.47 Å². The lowest BCUT2D eigenvalue weighted by Crippen LogP contribution is -1.94. The maximum Gasteiger partial charge on any atom is 0.162 e. The molecule has 0 bridgehead atoms. The van der Waals surface area contributed by atoms with Gasteiger partial charge >= 0.3 is 0 Å². The Kier molecular flexibility index (Phi) is 5.24. The number of benzene rings is 2. The Morgan fingerprint density at radius 1 is 1.08 bits per heavy atom. The summed E-state index contributed by atoms with van der Waals surface area (Å²) in [5, 5.41) is 11.3. The van der Waals surface area contributed by atoms with Crippen LogP contribution in [0.25, 0.3) is 10.9 Å². The fourth-order valence-electron chi connectivity index (χ4n) is 2.35. The van der Waals surface area contributed by atoms with E-state index in [1.807, 2.05) is 12.1 Å². The lowest BCUT2D eigenvalue weighted by atomic mass is 10.1. The predicted molar refractivity (Wildman–Crippen MR) is 100 cm³/mol. The highest BCUT2D eigenvalue weighted by Gasteiger charge is 2.16. The minimum absolute atomic E-state index is 0.454. The first-order chi connectivity index (χ1) is 12.1. The van der Waals surface area contributed by atoms with Crippen molar-refractivity contribution >= 4 is 45.9 Å². The van der Waals surface area contributed by atoms with E-state index >= 15 is 0 Å². The monoisotopic (exact) mass is 390 g/mol. The van der Waals surface area contributed by atoms with E-state index in [9.17, 15) is 5.26 Å². The van der Waals surface area contributed by atoms with Gasteiger partial charge in [-0.05, 0) is 24.3 Å². The van der Waals surface area contributed by atoms with Crippen molar-refractivity contribution < 1.29 is 9.47 Å². The number of nitrogens with zero attached hydrogens (tertiary/aromatic N) is 2. The van der Waals surface area contributed by atoms with Crippen molar-refractivity contribution in [1.82, 2.24) is 4.98 Å². The minimum Gasteiger partial charge on any atom is -0.493 e. The maximum absolute atomic E-state index is 9.48. The second kappa shape index (κ2) is 7.40. The van der Waals surface area contributed by atoms with Crippen molar-refractivity contribution in [2.24, 2.45) is 0 Å². The third kappa shape index (κ3) is 3.47. The van der Waals surface area contributed by atoms with Crippen LogP contribution < -0.4 is 9.47 Å². The van der Waals surface area contributed by atoms with Crippen LogP contribution in [0, 0.1) is 11.3 Å². The zero-order chi connectivity index (χ0) is 18.0. The molecule has 0 saturated carbocycles. The molecule has 0 radical (unpaired) electrons. The van der Waals surface area contributed by atoms with Crippen LogP contribution in [-0.4, -0.2) is 19.2 Å². The molecule has 0 aliphatic carbocycles. The van der Waals surface area contributed by atoms with Crippen LogP contribution >= 0.6 is 35.0 Å². The highest BCUT2D eigenvalue weighted by atomic mass is 35.5. The van der Waals surface area contributed by atoms with E-state index in [0.717, 1.165) is 15.2 Å². The molecule has 7 heteroatoms. The molecule has 0 amide bonds. The highest BCUT2D eigenvalue weighted by Crippen LogP contribution is 2.42. The Morgan fingerprint density at radius 2 is 1.80 bits per heavy atom. The SMILES string of the molecule is COc1cc2ncc(C#N)c(Sc3ccc(Cl)cc3Cl)c2cc1OC. The van der Waals surface area contributed by atoms with Gasteiger partial charge in [-0.2, -0.15) is 5.26 Å². The molecule has 0 aliphatic rings. The van der Waals surface area contributed by atoms with Crippen LogP contribution in [-0.2, 0) is 0 Å². The Hall–Kier alpha value is -2.13. The van der Waals surface area contributed by atoms with Gasteiger partial charge in [-0.15, -0.1) is 0 Å². The molecule has 0 aliphatic heterocycles. The molecule has 25 heavy (non-hydrogen) atoms. The van der Waals surface area contributed by atoms with Gasteiger partial charge in [0, 0.05) is 32.5 Å². The zero-order valence-electron chi connectivity index (χ0n) is 13.3. The molecule has 3 rings (SSSR count). The fraction of sp³-hybridized carbons (Fsp3) is 0.111. The van der Waals surface area contributed by atoms with Gasteiger partial charge in [0.25, 0.3) is 0 Å². The summed E-state index contributed by atoms with van der Waals surface area (Å²) in [5.74, 6) is 1.14. The second-order valence-corrected chi connectivity index (χ2v) is 6.91. The average Bonchev–Trinajstić information content (AvgIpc) is 2.62. The number of hydrogen-bond donors (Lipinski definition) is 0. The zero-order valence-corrected chi connectivity index (χ0v) is 15.7. The molecule has 4 nitrogen and oxygen atoms in total. The van der Waals surface area contributed by atoms with Crippen LogP contribution in [0.3, 0.4) is 0 Å². The quantitative estimate of drug-likeness (QED) is 0.581. The van der Waals surface area contributed by atoms with Crippen molar-refractivity contribution in [3.8, 4) is 17.6 Å². The molecule has 1 heterocycles. The number of methoxy groups -OCH3 is 2. The Labute approximate surface area is 159 Å². The number of fused-ring (bicyclic) bond motifs is 1. The third-order valence-electron chi connectivity index (χ3n) is 3.55. The topological polar surface area (TPSA) is 55.1 Å². The van der Waals surface area contributed by atoms with Gasteiger partial charge in [0.1, 0.15) is 6.07 Å². The van der Waals surface area contributed by atoms with Crippen LogP contribution in [0.2, 0.25) is 10.0 Å². The van der Waals surface area contributed by atoms with E-state index in [1.54, 1.807) is 38.6 Å². The maximum atomic E-state index is 9.48. The van der Waals surface area contributed by atoms with Crippen molar-refractivity contribution in [3.63, 3.8) is 0 Å². The molecule has 126 valence electrons. The van der Waals surface area contributed by atoms with Crippen LogP contribution in [0.15, 0.2) is 46.3 Å². The molecule has 0 fully saturated rings. The van der Waals surface area contributed by atoms with Gasteiger partial charge in [-0.1, -0.05) is 35.0 Å². The molecular weight excluding hydrogens is 379 g/mol. The van der Waals surface area contributed by atoms with Gasteiger partial charge in [0.05, 0.1) is 30.3 Å². The third-order valence-corrected chi connectivity index (χ3v) is 5.43. The summed E-state index contributed by atoms with van der Waals surface area (Å²) in [4.78, 5) is 5.89. The van der Waals surface area contributed by atoms with Gasteiger partial charge in [0.15, 0.2) is 11.5 Å². The number of nitriles is 1. The highest BCUT2D eigenvalue weighted by molar-refractivity contribution is 7.99. The number of halogens is 2. The van der Waals surface area contributed by atoms with Gasteiger partial charge in [0.2, 0.25) is 0 Å². The number of hydrogen-bond acceptors (Lipinski definition) is 5. The second-order valence-electron chi connectivity index (χ2n) is 5.01. The number of pyridine rings is 1. The molecular formula is C18H12Cl2N2O2S. The van der Waals surface area contributed by atoms with E-state index in [2.05, 4.69) is 11.1 Å². The molecule has 0 unspecified atom stereocenters. The number of aromatic nitrogens is 1. The Morgan fingerprint density at radius 3 is 2.44 bits per heavy atom. The van der Waals surface area contributed by atoms with Crippen molar-refractivity contribution in [3.05, 3.63) is 52.1 Å². The summed E-state index contributed by atoms with van der Waals surface area (Å²) in [5.41, 5.74) is 1.15. The van der Waals surface area contributed by atoms with Crippen molar-refractivity contribution in [2.45, 2.75) is 9.79 Å². The van der Waals surface area contributed by atoms with E-state index in [0.29, 0.717) is 32.6 Å². The van der Waals surface area contributed by atoms with Gasteiger partial charge in [-0.3, -0.25) is 4.98 Å². The molecule has 0 spiro atoms. The van der Waals surface area contributed by atoms with E-state index in [1.165, 1.54) is 11.8 Å². The lowest BCUT2D eigenvalue weighted by molar-refractivity contribution is 0.355. The van der Waals surface area contributed by atoms with E-state index in [4.69, 9.17) is 32.7 Å². The number of rotatable bonds is 4. The summed E-state index contributed by atoms with van der Waals surface area (Å²) < 4.78 is 10.7. The van der Waals surface area contributed by atoms with Crippen LogP contribution in [0.5, 0.6) is 11.5 Å². The number of ether oxygens (including phenoxy) is 2. The molecule has 3 aromatic rings. The Balaban J connectivity index is 2.22. The van der Waals surface area contributed by atoms with Crippen molar-refractivity contribution in [2.75, 3.05) is 14.2 Å². The van der Waals surface area contributed by atoms with E-state index in [-0.39, 0.29) is 0 Å². The summed E-state index contributed by atoms with van der Waals surface area (Å²) in [6.07, 6.45) is 1.54. The first-order valence-electron chi connectivity index (χ1n) is 7.15. The minimum atomic E-state index is 0.454. The molecule has 0 atom stereocenters. The summed E-state index contributed by atoms with van der Waals surface area (Å²) >= 11 is 13.6. The van der Waals surface area contributed by atoms with Gasteiger partial charge in [-0.25, -0.2) is 0 Å². The summed E-state index contributed by atoms with van der Waals surface area (Å²) in [7, 11) is 3.13. The molecule has 1 aromatic heterocycles. The first-order valence-corrected chi connectivity index (χ1v) is 8.72. The Bertz CT molecular complexity index is 1000. The standard InChI is InChI=1S/C18H12Cl2N2O2S/c1-23-15-6-12-14(7-16(15)24-2)22-9-10(8-21)18(12)25-17-4-3-11(19)5-13(17)20/h3-7,9H,1-2H3. The predicted octanol–water partition coefficient (Wildman–Crippen LogP) is 5.58. The first kappa shape index (κ1) is 17.7.